The number of halogens is 3. The third-order valence-electron chi connectivity index (χ3n) is 3.31. The van der Waals surface area contributed by atoms with Gasteiger partial charge in [0.1, 0.15) is 0 Å². The molecule has 0 aliphatic carbocycles. The van der Waals surface area contributed by atoms with Gasteiger partial charge in [0.25, 0.3) is 0 Å². The van der Waals surface area contributed by atoms with Crippen molar-refractivity contribution in [2.45, 2.75) is 45.8 Å². The Morgan fingerprint density at radius 3 is 2.37 bits per heavy atom. The summed E-state index contributed by atoms with van der Waals surface area (Å²) in [4.78, 5) is 3.80. The van der Waals surface area contributed by atoms with Gasteiger partial charge in [-0.2, -0.15) is 13.2 Å². The highest BCUT2D eigenvalue weighted by molar-refractivity contribution is 5.26. The highest BCUT2D eigenvalue weighted by Gasteiger charge is 2.33. The lowest BCUT2D eigenvalue weighted by molar-refractivity contribution is -0.138. The van der Waals surface area contributed by atoms with E-state index in [0.717, 1.165) is 6.07 Å². The molecule has 19 heavy (non-hydrogen) atoms. The average molecular weight is 274 g/mol. The molecule has 0 aromatic carbocycles. The van der Waals surface area contributed by atoms with E-state index in [1.807, 2.05) is 7.05 Å². The minimum atomic E-state index is -4.31. The van der Waals surface area contributed by atoms with E-state index in [2.05, 4.69) is 31.1 Å². The molecular formula is C14H21F3N2. The van der Waals surface area contributed by atoms with Crippen LogP contribution in [-0.4, -0.2) is 18.1 Å². The van der Waals surface area contributed by atoms with Crippen LogP contribution >= 0.6 is 0 Å². The average Bonchev–Trinajstić information content (AvgIpc) is 2.27. The fraction of sp³-hybridized carbons (Fsp3) is 0.643. The van der Waals surface area contributed by atoms with Gasteiger partial charge in [0, 0.05) is 18.4 Å². The van der Waals surface area contributed by atoms with E-state index in [-0.39, 0.29) is 17.0 Å². The minimum absolute atomic E-state index is 0.00928. The molecule has 5 heteroatoms. The fourth-order valence-corrected chi connectivity index (χ4v) is 2.21. The Morgan fingerprint density at radius 2 is 1.89 bits per heavy atom. The van der Waals surface area contributed by atoms with Gasteiger partial charge in [-0.05, 0) is 36.9 Å². The van der Waals surface area contributed by atoms with Crippen LogP contribution in [0.5, 0.6) is 0 Å². The third-order valence-corrected chi connectivity index (χ3v) is 3.31. The second-order valence-corrected chi connectivity index (χ2v) is 5.78. The number of nitrogens with zero attached hydrogens (tertiary/aromatic N) is 1. The third kappa shape index (κ3) is 4.49. The van der Waals surface area contributed by atoms with E-state index in [4.69, 9.17) is 0 Å². The molecule has 1 N–H and O–H groups in total. The number of aromatic nitrogens is 1. The van der Waals surface area contributed by atoms with E-state index in [0.29, 0.717) is 12.8 Å². The van der Waals surface area contributed by atoms with Gasteiger partial charge in [-0.1, -0.05) is 20.8 Å². The first-order valence-electron chi connectivity index (χ1n) is 6.33. The first-order chi connectivity index (χ1) is 8.66. The molecular weight excluding hydrogens is 253 g/mol. The summed E-state index contributed by atoms with van der Waals surface area (Å²) in [5, 5.41) is 3.17. The molecule has 0 saturated carbocycles. The van der Waals surface area contributed by atoms with Crippen molar-refractivity contribution < 1.29 is 13.2 Å². The largest absolute Gasteiger partial charge is 0.416 e. The van der Waals surface area contributed by atoms with Crippen molar-refractivity contribution in [3.8, 4) is 0 Å². The normalized spacial score (nSPS) is 14.5. The number of pyridine rings is 1. The molecule has 108 valence electrons. The molecule has 0 saturated heterocycles. The van der Waals surface area contributed by atoms with Gasteiger partial charge in [0.05, 0.1) is 5.56 Å². The van der Waals surface area contributed by atoms with Crippen LogP contribution in [-0.2, 0) is 12.6 Å². The number of hydrogen-bond acceptors (Lipinski definition) is 2. The van der Waals surface area contributed by atoms with Crippen LogP contribution in [0.1, 0.15) is 38.3 Å². The van der Waals surface area contributed by atoms with Crippen molar-refractivity contribution in [2.24, 2.45) is 5.41 Å². The fourth-order valence-electron chi connectivity index (χ4n) is 2.21. The molecule has 1 rings (SSSR count). The summed E-state index contributed by atoms with van der Waals surface area (Å²) in [6.45, 7) is 6.21. The van der Waals surface area contributed by atoms with E-state index in [1.165, 1.54) is 12.4 Å². The van der Waals surface area contributed by atoms with Crippen LogP contribution in [0.3, 0.4) is 0 Å². The minimum Gasteiger partial charge on any atom is -0.316 e. The Kier molecular flexibility index (Phi) is 4.96. The second kappa shape index (κ2) is 5.90. The predicted octanol–water partition coefficient (Wildman–Crippen LogP) is 3.67. The van der Waals surface area contributed by atoms with Crippen LogP contribution in [0.15, 0.2) is 18.5 Å². The monoisotopic (exact) mass is 274 g/mol. The van der Waals surface area contributed by atoms with Crippen molar-refractivity contribution in [1.82, 2.24) is 10.3 Å². The second-order valence-electron chi connectivity index (χ2n) is 5.78. The summed E-state index contributed by atoms with van der Waals surface area (Å²) in [5.74, 6) is 0. The van der Waals surface area contributed by atoms with E-state index in [9.17, 15) is 13.2 Å². The Balaban J connectivity index is 2.84. The predicted molar refractivity (Wildman–Crippen MR) is 69.9 cm³/mol. The molecule has 0 radical (unpaired) electrons. The Bertz CT molecular complexity index is 408. The van der Waals surface area contributed by atoms with Crippen LogP contribution in [0.2, 0.25) is 0 Å². The summed E-state index contributed by atoms with van der Waals surface area (Å²) < 4.78 is 38.5. The zero-order valence-corrected chi connectivity index (χ0v) is 11.8. The SMILES string of the molecule is CNC(CCc1cnccc1C(F)(F)F)C(C)(C)C. The summed E-state index contributed by atoms with van der Waals surface area (Å²) in [6, 6.07) is 1.20. The van der Waals surface area contributed by atoms with Crippen LogP contribution in [0.25, 0.3) is 0 Å². The Morgan fingerprint density at radius 1 is 1.26 bits per heavy atom. The van der Waals surface area contributed by atoms with Crippen molar-refractivity contribution in [1.29, 1.82) is 0 Å². The molecule has 0 fully saturated rings. The van der Waals surface area contributed by atoms with E-state index >= 15 is 0 Å². The van der Waals surface area contributed by atoms with Crippen LogP contribution in [0, 0.1) is 5.41 Å². The Hall–Kier alpha value is -1.10. The molecule has 0 aliphatic rings. The van der Waals surface area contributed by atoms with Crippen LogP contribution < -0.4 is 5.32 Å². The van der Waals surface area contributed by atoms with E-state index in [1.54, 1.807) is 0 Å². The number of hydrogen-bond donors (Lipinski definition) is 1. The maximum absolute atomic E-state index is 12.8. The van der Waals surface area contributed by atoms with Gasteiger partial charge < -0.3 is 5.32 Å². The number of alkyl halides is 3. The summed E-state index contributed by atoms with van der Waals surface area (Å²) in [7, 11) is 1.84. The number of rotatable bonds is 4. The van der Waals surface area contributed by atoms with Crippen molar-refractivity contribution in [3.05, 3.63) is 29.6 Å². The van der Waals surface area contributed by atoms with Gasteiger partial charge in [0.15, 0.2) is 0 Å². The van der Waals surface area contributed by atoms with Crippen molar-refractivity contribution in [3.63, 3.8) is 0 Å². The standard InChI is InChI=1S/C14H21F3N2/c1-13(2,3)12(18-4)6-5-10-9-19-8-7-11(10)14(15,16)17/h7-9,12,18H,5-6H2,1-4H3. The van der Waals surface area contributed by atoms with Crippen molar-refractivity contribution >= 4 is 0 Å². The summed E-state index contributed by atoms with van der Waals surface area (Å²) >= 11 is 0. The lowest BCUT2D eigenvalue weighted by atomic mass is 9.83. The highest BCUT2D eigenvalue weighted by atomic mass is 19.4. The summed E-state index contributed by atoms with van der Waals surface area (Å²) in [5.41, 5.74) is -0.305. The molecule has 1 atom stereocenters. The quantitative estimate of drug-likeness (QED) is 0.906. The molecule has 2 nitrogen and oxygen atoms in total. The topological polar surface area (TPSA) is 24.9 Å². The van der Waals surface area contributed by atoms with Crippen LogP contribution in [0.4, 0.5) is 13.2 Å². The lowest BCUT2D eigenvalue weighted by Gasteiger charge is -2.30. The van der Waals surface area contributed by atoms with Crippen molar-refractivity contribution in [2.75, 3.05) is 7.05 Å². The highest BCUT2D eigenvalue weighted by Crippen LogP contribution is 2.32. The lowest BCUT2D eigenvalue weighted by Crippen LogP contribution is -2.38. The number of nitrogens with one attached hydrogen (secondary N) is 1. The molecule has 1 aromatic heterocycles. The van der Waals surface area contributed by atoms with Gasteiger partial charge in [-0.15, -0.1) is 0 Å². The van der Waals surface area contributed by atoms with Gasteiger partial charge >= 0.3 is 6.18 Å². The maximum Gasteiger partial charge on any atom is 0.416 e. The van der Waals surface area contributed by atoms with Gasteiger partial charge in [0.2, 0.25) is 0 Å². The van der Waals surface area contributed by atoms with E-state index < -0.39 is 11.7 Å². The number of aryl methyl sites for hydroxylation is 1. The molecule has 0 aliphatic heterocycles. The summed E-state index contributed by atoms with van der Waals surface area (Å²) in [6.07, 6.45) is -0.792. The first-order valence-corrected chi connectivity index (χ1v) is 6.33. The zero-order valence-electron chi connectivity index (χ0n) is 11.8. The smallest absolute Gasteiger partial charge is 0.316 e. The maximum atomic E-state index is 12.8. The van der Waals surface area contributed by atoms with Gasteiger partial charge in [-0.3, -0.25) is 4.98 Å². The zero-order chi connectivity index (χ0) is 14.7. The molecule has 1 heterocycles. The Labute approximate surface area is 112 Å². The molecule has 0 bridgehead atoms. The first kappa shape index (κ1) is 16.0. The molecule has 1 unspecified atom stereocenters. The molecule has 0 spiro atoms. The van der Waals surface area contributed by atoms with Gasteiger partial charge in [-0.25, -0.2) is 0 Å². The molecule has 0 amide bonds. The molecule has 1 aromatic rings.